The van der Waals surface area contributed by atoms with Crippen LogP contribution in [-0.2, 0) is 14.0 Å². The molecule has 4 unspecified atom stereocenters. The van der Waals surface area contributed by atoms with E-state index in [0.29, 0.717) is 18.7 Å². The number of fused-ring (bicyclic) bond motifs is 2. The largest absolute Gasteiger partial charge is 0.460 e. The van der Waals surface area contributed by atoms with Gasteiger partial charge in [-0.1, -0.05) is 6.92 Å². The molecule has 1 saturated heterocycles. The van der Waals surface area contributed by atoms with Gasteiger partial charge in [0.1, 0.15) is 0 Å². The van der Waals surface area contributed by atoms with E-state index in [4.69, 9.17) is 14.0 Å². The maximum Gasteiger partial charge on any atom is 0.460 e. The Balaban J connectivity index is 2.04. The highest BCUT2D eigenvalue weighted by Crippen LogP contribution is 2.50. The van der Waals surface area contributed by atoms with Gasteiger partial charge in [0.25, 0.3) is 6.92 Å². The molecule has 0 N–H and O–H groups in total. The first-order chi connectivity index (χ1) is 8.19. The minimum Gasteiger partial charge on any atom is -0.438 e. The fraction of sp³-hybridized carbons (Fsp3) is 1.00. The molecule has 5 heteroatoms. The van der Waals surface area contributed by atoms with Gasteiger partial charge >= 0.3 is 7.12 Å². The summed E-state index contributed by atoms with van der Waals surface area (Å²) in [5, 5.41) is 0. The van der Waals surface area contributed by atoms with E-state index in [-0.39, 0.29) is 7.12 Å². The van der Waals surface area contributed by atoms with Crippen LogP contribution in [-0.4, -0.2) is 35.4 Å². The molecule has 1 aliphatic carbocycles. The quantitative estimate of drug-likeness (QED) is 0.704. The molecule has 1 saturated carbocycles. The molecule has 96 valence electrons. The second-order valence-corrected chi connectivity index (χ2v) is 5.79. The number of rotatable bonds is 4. The van der Waals surface area contributed by atoms with Crippen LogP contribution in [0.15, 0.2) is 0 Å². The smallest absolute Gasteiger partial charge is 0.438 e. The third kappa shape index (κ3) is 2.72. The van der Waals surface area contributed by atoms with Crippen LogP contribution in [0.2, 0.25) is 18.5 Å². The maximum absolute atomic E-state index is 5.56. The molecule has 2 fully saturated rings. The van der Waals surface area contributed by atoms with Crippen molar-refractivity contribution in [2.45, 2.75) is 38.2 Å². The normalized spacial score (nSPS) is 37.1. The molecule has 0 radical (unpaired) electrons. The predicted octanol–water partition coefficient (Wildman–Crippen LogP) is 2.45. The van der Waals surface area contributed by atoms with Gasteiger partial charge < -0.3 is 14.0 Å². The second kappa shape index (κ2) is 5.77. The average Bonchev–Trinajstić information content (AvgIpc) is 2.36. The first-order valence-electron chi connectivity index (χ1n) is 6.78. The Morgan fingerprint density at radius 1 is 1.06 bits per heavy atom. The topological polar surface area (TPSA) is 27.7 Å². The minimum absolute atomic E-state index is 0.0330. The molecular formula is C12H24B2O3. The fourth-order valence-electron chi connectivity index (χ4n) is 3.99. The molecule has 1 heterocycles. The molecule has 0 spiro atoms. The summed E-state index contributed by atoms with van der Waals surface area (Å²) in [6.07, 6.45) is 5.03. The molecule has 1 aliphatic heterocycles. The first-order valence-corrected chi connectivity index (χ1v) is 6.78. The standard InChI is InChI=1S/C12H24B2O3/c1-9-11-5-10(7-13(8-11)15-2)6-12(9)14(16-3)17-4/h9-12H,5-8H2,1-4H3. The van der Waals surface area contributed by atoms with Crippen LogP contribution < -0.4 is 0 Å². The molecule has 0 amide bonds. The lowest BCUT2D eigenvalue weighted by atomic mass is 9.41. The van der Waals surface area contributed by atoms with Gasteiger partial charge in [0.05, 0.1) is 0 Å². The Morgan fingerprint density at radius 3 is 2.35 bits per heavy atom. The molecule has 0 aromatic carbocycles. The average molecular weight is 238 g/mol. The van der Waals surface area contributed by atoms with Crippen LogP contribution in [0.1, 0.15) is 19.8 Å². The minimum atomic E-state index is -0.0330. The van der Waals surface area contributed by atoms with Crippen LogP contribution in [0.25, 0.3) is 0 Å². The maximum atomic E-state index is 5.56. The van der Waals surface area contributed by atoms with Crippen molar-refractivity contribution < 1.29 is 14.0 Å². The van der Waals surface area contributed by atoms with E-state index in [1.807, 2.05) is 7.11 Å². The molecule has 0 aromatic heterocycles. The lowest BCUT2D eigenvalue weighted by molar-refractivity contribution is 0.155. The molecular weight excluding hydrogens is 214 g/mol. The van der Waals surface area contributed by atoms with E-state index >= 15 is 0 Å². The van der Waals surface area contributed by atoms with Crippen LogP contribution in [0.3, 0.4) is 0 Å². The molecule has 3 nitrogen and oxygen atoms in total. The molecule has 2 bridgehead atoms. The Bertz CT molecular complexity index is 246. The van der Waals surface area contributed by atoms with Gasteiger partial charge in [-0.15, -0.1) is 0 Å². The Morgan fingerprint density at radius 2 is 1.76 bits per heavy atom. The van der Waals surface area contributed by atoms with Crippen molar-refractivity contribution in [3.8, 4) is 0 Å². The van der Waals surface area contributed by atoms with E-state index in [1.165, 1.54) is 25.5 Å². The lowest BCUT2D eigenvalue weighted by Crippen LogP contribution is -2.44. The van der Waals surface area contributed by atoms with Crippen molar-refractivity contribution >= 4 is 14.0 Å². The zero-order chi connectivity index (χ0) is 12.4. The van der Waals surface area contributed by atoms with Gasteiger partial charge in [-0.25, -0.2) is 0 Å². The van der Waals surface area contributed by atoms with E-state index in [2.05, 4.69) is 6.92 Å². The van der Waals surface area contributed by atoms with Crippen molar-refractivity contribution in [3.63, 3.8) is 0 Å². The Labute approximate surface area is 106 Å². The van der Waals surface area contributed by atoms with Crippen molar-refractivity contribution in [2.24, 2.45) is 17.8 Å². The van der Waals surface area contributed by atoms with Gasteiger partial charge in [0.15, 0.2) is 0 Å². The van der Waals surface area contributed by atoms with Crippen LogP contribution >= 0.6 is 0 Å². The van der Waals surface area contributed by atoms with Crippen LogP contribution in [0, 0.1) is 17.8 Å². The van der Waals surface area contributed by atoms with Crippen molar-refractivity contribution in [3.05, 3.63) is 0 Å². The van der Waals surface area contributed by atoms with E-state index < -0.39 is 0 Å². The lowest BCUT2D eigenvalue weighted by Gasteiger charge is -2.46. The number of hydrogen-bond donors (Lipinski definition) is 0. The van der Waals surface area contributed by atoms with Gasteiger partial charge in [-0.05, 0) is 49.1 Å². The van der Waals surface area contributed by atoms with Gasteiger partial charge in [-0.3, -0.25) is 0 Å². The summed E-state index contributed by atoms with van der Waals surface area (Å²) in [4.78, 5) is 0. The van der Waals surface area contributed by atoms with Gasteiger partial charge in [0.2, 0.25) is 0 Å². The van der Waals surface area contributed by atoms with Gasteiger partial charge in [-0.2, -0.15) is 0 Å². The third-order valence-corrected chi connectivity index (χ3v) is 4.97. The third-order valence-electron chi connectivity index (χ3n) is 4.97. The molecule has 17 heavy (non-hydrogen) atoms. The van der Waals surface area contributed by atoms with Crippen LogP contribution in [0.4, 0.5) is 0 Å². The van der Waals surface area contributed by atoms with Crippen molar-refractivity contribution in [1.29, 1.82) is 0 Å². The van der Waals surface area contributed by atoms with Gasteiger partial charge in [0, 0.05) is 21.3 Å². The summed E-state index contributed by atoms with van der Waals surface area (Å²) in [6.45, 7) is 2.83. The summed E-state index contributed by atoms with van der Waals surface area (Å²) in [5.41, 5.74) is 0. The summed E-state index contributed by atoms with van der Waals surface area (Å²) in [5.74, 6) is 2.80. The molecule has 4 atom stereocenters. The molecule has 2 aliphatic rings. The predicted molar refractivity (Wildman–Crippen MR) is 71.3 cm³/mol. The highest BCUT2D eigenvalue weighted by molar-refractivity contribution is 6.52. The monoisotopic (exact) mass is 238 g/mol. The van der Waals surface area contributed by atoms with Crippen LogP contribution in [0.5, 0.6) is 0 Å². The SMILES string of the molecule is COB1CC2CC(C1)C(C)C(B(OC)OC)C2. The highest BCUT2D eigenvalue weighted by atomic mass is 16.6. The summed E-state index contributed by atoms with van der Waals surface area (Å²) in [6, 6.07) is 0. The fourth-order valence-corrected chi connectivity index (χ4v) is 3.99. The van der Waals surface area contributed by atoms with Crippen molar-refractivity contribution in [2.75, 3.05) is 21.3 Å². The number of hydrogen-bond acceptors (Lipinski definition) is 3. The van der Waals surface area contributed by atoms with E-state index in [1.54, 1.807) is 14.2 Å². The van der Waals surface area contributed by atoms with E-state index in [0.717, 1.165) is 11.8 Å². The summed E-state index contributed by atoms with van der Waals surface area (Å²) in [7, 11) is 5.32. The Kier molecular flexibility index (Phi) is 4.56. The summed E-state index contributed by atoms with van der Waals surface area (Å²) < 4.78 is 16.5. The molecule has 2 rings (SSSR count). The first kappa shape index (κ1) is 13.4. The Hall–Kier alpha value is 0.00987. The van der Waals surface area contributed by atoms with Crippen molar-refractivity contribution in [1.82, 2.24) is 0 Å². The highest BCUT2D eigenvalue weighted by Gasteiger charge is 2.46. The molecule has 0 aromatic rings. The van der Waals surface area contributed by atoms with E-state index in [9.17, 15) is 0 Å². The summed E-state index contributed by atoms with van der Waals surface area (Å²) >= 11 is 0. The zero-order valence-electron chi connectivity index (χ0n) is 11.5. The zero-order valence-corrected chi connectivity index (χ0v) is 11.5. The second-order valence-electron chi connectivity index (χ2n) is 5.79.